The van der Waals surface area contributed by atoms with Crippen LogP contribution in [0.4, 0.5) is 5.95 Å². The van der Waals surface area contributed by atoms with Gasteiger partial charge in [-0.25, -0.2) is 15.0 Å². The maximum atomic E-state index is 4.76. The van der Waals surface area contributed by atoms with E-state index >= 15 is 0 Å². The SMILES string of the molecule is CCc1nc2c(s1)C(NCc1ccnc(N(C)C)n1)CCC2. The molecule has 0 saturated heterocycles. The van der Waals surface area contributed by atoms with Gasteiger partial charge in [-0.1, -0.05) is 6.92 Å². The summed E-state index contributed by atoms with van der Waals surface area (Å²) in [5, 5.41) is 4.92. The van der Waals surface area contributed by atoms with Gasteiger partial charge < -0.3 is 10.2 Å². The van der Waals surface area contributed by atoms with Crippen LogP contribution in [0, 0.1) is 0 Å². The van der Waals surface area contributed by atoms with Gasteiger partial charge in [0.25, 0.3) is 0 Å². The zero-order valence-electron chi connectivity index (χ0n) is 13.5. The molecule has 5 nitrogen and oxygen atoms in total. The van der Waals surface area contributed by atoms with E-state index in [1.165, 1.54) is 28.4 Å². The summed E-state index contributed by atoms with van der Waals surface area (Å²) < 4.78 is 0. The molecule has 1 unspecified atom stereocenters. The summed E-state index contributed by atoms with van der Waals surface area (Å²) in [6, 6.07) is 2.40. The Bertz CT molecular complexity index is 637. The summed E-state index contributed by atoms with van der Waals surface area (Å²) in [4.78, 5) is 17.0. The lowest BCUT2D eigenvalue weighted by molar-refractivity contribution is 0.460. The van der Waals surface area contributed by atoms with Crippen LogP contribution in [0.15, 0.2) is 12.3 Å². The van der Waals surface area contributed by atoms with Gasteiger partial charge in [0.1, 0.15) is 0 Å². The van der Waals surface area contributed by atoms with Crippen molar-refractivity contribution in [3.8, 4) is 0 Å². The van der Waals surface area contributed by atoms with Crippen LogP contribution < -0.4 is 10.2 Å². The van der Waals surface area contributed by atoms with E-state index in [9.17, 15) is 0 Å². The number of nitrogens with zero attached hydrogens (tertiary/aromatic N) is 4. The first kappa shape index (κ1) is 15.4. The van der Waals surface area contributed by atoms with Crippen molar-refractivity contribution >= 4 is 17.3 Å². The van der Waals surface area contributed by atoms with Gasteiger partial charge in [0.15, 0.2) is 0 Å². The molecule has 3 rings (SSSR count). The van der Waals surface area contributed by atoms with Crippen LogP contribution in [-0.4, -0.2) is 29.0 Å². The summed E-state index contributed by atoms with van der Waals surface area (Å²) >= 11 is 1.87. The maximum absolute atomic E-state index is 4.76. The second-order valence-corrected chi connectivity index (χ2v) is 6.96. The van der Waals surface area contributed by atoms with E-state index < -0.39 is 0 Å². The van der Waals surface area contributed by atoms with Gasteiger partial charge in [-0.05, 0) is 31.7 Å². The number of thiazole rings is 1. The zero-order chi connectivity index (χ0) is 15.5. The molecular formula is C16H23N5S. The Morgan fingerprint density at radius 3 is 3.00 bits per heavy atom. The largest absolute Gasteiger partial charge is 0.347 e. The van der Waals surface area contributed by atoms with Crippen molar-refractivity contribution in [2.45, 2.75) is 45.2 Å². The third-order valence-electron chi connectivity index (χ3n) is 3.93. The summed E-state index contributed by atoms with van der Waals surface area (Å²) in [6.07, 6.45) is 6.38. The van der Waals surface area contributed by atoms with E-state index in [0.717, 1.165) is 31.0 Å². The Morgan fingerprint density at radius 1 is 1.36 bits per heavy atom. The molecule has 118 valence electrons. The highest BCUT2D eigenvalue weighted by Crippen LogP contribution is 2.34. The number of nitrogens with one attached hydrogen (secondary N) is 1. The molecule has 2 heterocycles. The Hall–Kier alpha value is -1.53. The lowest BCUT2D eigenvalue weighted by atomic mass is 9.98. The fourth-order valence-corrected chi connectivity index (χ4v) is 3.91. The first-order valence-electron chi connectivity index (χ1n) is 7.88. The summed E-state index contributed by atoms with van der Waals surface area (Å²) in [7, 11) is 3.92. The predicted octanol–water partition coefficient (Wildman–Crippen LogP) is 2.73. The standard InChI is InChI=1S/C16H23N5S/c1-4-14-20-13-7-5-6-12(15(13)22-14)18-10-11-8-9-17-16(19-11)21(2)3/h8-9,12,18H,4-7,10H2,1-3H3. The quantitative estimate of drug-likeness (QED) is 0.919. The lowest BCUT2D eigenvalue weighted by Crippen LogP contribution is -2.24. The molecule has 0 fully saturated rings. The van der Waals surface area contributed by atoms with Gasteiger partial charge in [-0.3, -0.25) is 0 Å². The van der Waals surface area contributed by atoms with Gasteiger partial charge in [0.05, 0.1) is 16.4 Å². The molecule has 2 aromatic heterocycles. The second-order valence-electron chi connectivity index (χ2n) is 5.84. The zero-order valence-corrected chi connectivity index (χ0v) is 14.3. The minimum Gasteiger partial charge on any atom is -0.347 e. The van der Waals surface area contributed by atoms with E-state index in [2.05, 4.69) is 22.2 Å². The molecule has 0 amide bonds. The molecule has 2 aromatic rings. The highest BCUT2D eigenvalue weighted by molar-refractivity contribution is 7.11. The highest BCUT2D eigenvalue weighted by atomic mass is 32.1. The molecule has 0 bridgehead atoms. The molecule has 0 spiro atoms. The van der Waals surface area contributed by atoms with E-state index in [1.807, 2.05) is 42.6 Å². The Labute approximate surface area is 135 Å². The van der Waals surface area contributed by atoms with Crippen molar-refractivity contribution in [2.24, 2.45) is 0 Å². The van der Waals surface area contributed by atoms with Crippen LogP contribution in [0.2, 0.25) is 0 Å². The number of aryl methyl sites for hydroxylation is 2. The maximum Gasteiger partial charge on any atom is 0.225 e. The molecule has 0 aliphatic heterocycles. The van der Waals surface area contributed by atoms with Crippen molar-refractivity contribution in [2.75, 3.05) is 19.0 Å². The van der Waals surface area contributed by atoms with E-state index in [1.54, 1.807) is 0 Å². The number of aromatic nitrogens is 3. The van der Waals surface area contributed by atoms with Crippen molar-refractivity contribution in [1.29, 1.82) is 0 Å². The first-order chi connectivity index (χ1) is 10.7. The van der Waals surface area contributed by atoms with Crippen molar-refractivity contribution < 1.29 is 0 Å². The van der Waals surface area contributed by atoms with E-state index in [-0.39, 0.29) is 0 Å². The van der Waals surface area contributed by atoms with Gasteiger partial charge in [0, 0.05) is 37.8 Å². The third-order valence-corrected chi connectivity index (χ3v) is 5.28. The molecule has 6 heteroatoms. The number of hydrogen-bond donors (Lipinski definition) is 1. The molecule has 0 radical (unpaired) electrons. The van der Waals surface area contributed by atoms with Crippen LogP contribution >= 0.6 is 11.3 Å². The number of anilines is 1. The summed E-state index contributed by atoms with van der Waals surface area (Å²) in [5.74, 6) is 0.759. The normalized spacial score (nSPS) is 17.3. The average molecular weight is 317 g/mol. The minimum atomic E-state index is 0.416. The number of rotatable bonds is 5. The van der Waals surface area contributed by atoms with Crippen molar-refractivity contribution in [1.82, 2.24) is 20.3 Å². The van der Waals surface area contributed by atoms with Crippen LogP contribution in [0.25, 0.3) is 0 Å². The van der Waals surface area contributed by atoms with Gasteiger partial charge in [-0.2, -0.15) is 0 Å². The Balaban J connectivity index is 1.70. The molecular weight excluding hydrogens is 294 g/mol. The van der Waals surface area contributed by atoms with Crippen LogP contribution in [0.1, 0.15) is 47.1 Å². The first-order valence-corrected chi connectivity index (χ1v) is 8.70. The van der Waals surface area contributed by atoms with Gasteiger partial charge in [0.2, 0.25) is 5.95 Å². The minimum absolute atomic E-state index is 0.416. The van der Waals surface area contributed by atoms with Crippen LogP contribution in [-0.2, 0) is 19.4 Å². The highest BCUT2D eigenvalue weighted by Gasteiger charge is 2.24. The number of fused-ring (bicyclic) bond motifs is 1. The van der Waals surface area contributed by atoms with Gasteiger partial charge in [-0.15, -0.1) is 11.3 Å². The topological polar surface area (TPSA) is 53.9 Å². The summed E-state index contributed by atoms with van der Waals surface area (Å²) in [5.41, 5.74) is 2.34. The van der Waals surface area contributed by atoms with Crippen molar-refractivity contribution in [3.05, 3.63) is 33.5 Å². The molecule has 22 heavy (non-hydrogen) atoms. The monoisotopic (exact) mass is 317 g/mol. The fourth-order valence-electron chi connectivity index (χ4n) is 2.74. The molecule has 1 aliphatic rings. The summed E-state index contributed by atoms with van der Waals surface area (Å²) in [6.45, 7) is 2.95. The van der Waals surface area contributed by atoms with Crippen LogP contribution in [0.5, 0.6) is 0 Å². The molecule has 0 saturated carbocycles. The molecule has 0 aromatic carbocycles. The fraction of sp³-hybridized carbons (Fsp3) is 0.562. The predicted molar refractivity (Wildman–Crippen MR) is 90.4 cm³/mol. The molecule has 1 N–H and O–H groups in total. The average Bonchev–Trinajstić information content (AvgIpc) is 2.97. The van der Waals surface area contributed by atoms with Crippen molar-refractivity contribution in [3.63, 3.8) is 0 Å². The lowest BCUT2D eigenvalue weighted by Gasteiger charge is -2.22. The smallest absolute Gasteiger partial charge is 0.225 e. The Morgan fingerprint density at radius 2 is 2.23 bits per heavy atom. The molecule has 1 aliphatic carbocycles. The van der Waals surface area contributed by atoms with E-state index in [0.29, 0.717) is 6.04 Å². The Kier molecular flexibility index (Phi) is 4.69. The second kappa shape index (κ2) is 6.71. The number of hydrogen-bond acceptors (Lipinski definition) is 6. The van der Waals surface area contributed by atoms with E-state index in [4.69, 9.17) is 4.98 Å². The van der Waals surface area contributed by atoms with Gasteiger partial charge >= 0.3 is 0 Å². The molecule has 1 atom stereocenters. The third kappa shape index (κ3) is 3.28. The van der Waals surface area contributed by atoms with Crippen LogP contribution in [0.3, 0.4) is 0 Å².